The Morgan fingerprint density at radius 1 is 0.731 bits per heavy atom. The van der Waals surface area contributed by atoms with Gasteiger partial charge in [-0.05, 0) is 54.1 Å². The summed E-state index contributed by atoms with van der Waals surface area (Å²) in [5, 5.41) is 11.8. The molecule has 0 saturated carbocycles. The minimum atomic E-state index is 0.686. The van der Waals surface area contributed by atoms with Crippen molar-refractivity contribution in [3.63, 3.8) is 0 Å². The summed E-state index contributed by atoms with van der Waals surface area (Å²) in [5.74, 6) is 1.45. The van der Waals surface area contributed by atoms with Crippen LogP contribution in [0.2, 0.25) is 0 Å². The highest BCUT2D eigenvalue weighted by Crippen LogP contribution is 2.28. The van der Waals surface area contributed by atoms with Gasteiger partial charge in [0.1, 0.15) is 0 Å². The molecule has 0 heterocycles. The Kier molecular flexibility index (Phi) is 5.83. The van der Waals surface area contributed by atoms with Crippen LogP contribution < -0.4 is 14.8 Å². The van der Waals surface area contributed by atoms with Gasteiger partial charge in [-0.15, -0.1) is 0 Å². The number of benzene rings is 3. The van der Waals surface area contributed by atoms with E-state index in [1.54, 1.807) is 14.2 Å². The molecule has 0 fully saturated rings. The summed E-state index contributed by atoms with van der Waals surface area (Å²) >= 11 is 0. The number of methoxy groups -OCH3 is 2. The van der Waals surface area contributed by atoms with Crippen LogP contribution >= 0.6 is 0 Å². The predicted octanol–water partition coefficient (Wildman–Crippen LogP) is 5.73. The molecule has 132 valence electrons. The second-order valence-electron chi connectivity index (χ2n) is 5.63. The fourth-order valence-corrected chi connectivity index (χ4v) is 2.45. The number of hydrogen-bond acceptors (Lipinski definition) is 5. The number of nitrogens with zero attached hydrogens (tertiary/aromatic N) is 2. The fourth-order valence-electron chi connectivity index (χ4n) is 2.45. The molecular weight excluding hydrogens is 326 g/mol. The van der Waals surface area contributed by atoms with E-state index in [1.807, 2.05) is 72.8 Å². The Labute approximate surface area is 153 Å². The van der Waals surface area contributed by atoms with Gasteiger partial charge in [0.15, 0.2) is 11.5 Å². The van der Waals surface area contributed by atoms with Crippen LogP contribution in [0.5, 0.6) is 11.5 Å². The van der Waals surface area contributed by atoms with Crippen molar-refractivity contribution in [2.75, 3.05) is 19.5 Å². The number of anilines is 1. The topological polar surface area (TPSA) is 55.2 Å². The molecule has 3 rings (SSSR count). The van der Waals surface area contributed by atoms with E-state index < -0.39 is 0 Å². The molecule has 0 bridgehead atoms. The van der Waals surface area contributed by atoms with E-state index in [1.165, 1.54) is 0 Å². The van der Waals surface area contributed by atoms with Crippen LogP contribution in [-0.2, 0) is 6.54 Å². The first kappa shape index (κ1) is 17.5. The third-order valence-electron chi connectivity index (χ3n) is 3.85. The summed E-state index contributed by atoms with van der Waals surface area (Å²) in [6, 6.07) is 23.4. The molecule has 5 nitrogen and oxygen atoms in total. The summed E-state index contributed by atoms with van der Waals surface area (Å²) in [6.45, 7) is 0.686. The van der Waals surface area contributed by atoms with Crippen LogP contribution in [0.15, 0.2) is 83.0 Å². The minimum Gasteiger partial charge on any atom is -0.493 e. The zero-order valence-corrected chi connectivity index (χ0v) is 14.8. The Bertz CT molecular complexity index is 862. The number of nitrogens with one attached hydrogen (secondary N) is 1. The Morgan fingerprint density at radius 2 is 1.38 bits per heavy atom. The molecule has 0 unspecified atom stereocenters. The van der Waals surface area contributed by atoms with Gasteiger partial charge >= 0.3 is 0 Å². The van der Waals surface area contributed by atoms with Crippen molar-refractivity contribution >= 4 is 17.1 Å². The first-order chi connectivity index (χ1) is 12.8. The van der Waals surface area contributed by atoms with Crippen molar-refractivity contribution in [2.45, 2.75) is 6.54 Å². The number of hydrogen-bond donors (Lipinski definition) is 1. The van der Waals surface area contributed by atoms with E-state index in [4.69, 9.17) is 9.47 Å². The zero-order valence-electron chi connectivity index (χ0n) is 14.8. The predicted molar refractivity (Wildman–Crippen MR) is 104 cm³/mol. The SMILES string of the molecule is COc1ccc(CNc2ccc(N=Nc3ccccc3)cc2)cc1OC. The first-order valence-electron chi connectivity index (χ1n) is 8.30. The summed E-state index contributed by atoms with van der Waals surface area (Å²) in [5.41, 5.74) is 3.77. The minimum absolute atomic E-state index is 0.686. The average Bonchev–Trinajstić information content (AvgIpc) is 2.72. The van der Waals surface area contributed by atoms with Gasteiger partial charge in [-0.25, -0.2) is 0 Å². The second kappa shape index (κ2) is 8.67. The number of ether oxygens (including phenoxy) is 2. The lowest BCUT2D eigenvalue weighted by molar-refractivity contribution is 0.354. The molecule has 0 aliphatic carbocycles. The molecule has 0 spiro atoms. The zero-order chi connectivity index (χ0) is 18.2. The maximum Gasteiger partial charge on any atom is 0.161 e. The van der Waals surface area contributed by atoms with E-state index in [0.717, 1.165) is 34.1 Å². The number of azo groups is 1. The molecule has 0 saturated heterocycles. The van der Waals surface area contributed by atoms with Crippen LogP contribution in [-0.4, -0.2) is 14.2 Å². The van der Waals surface area contributed by atoms with Crippen molar-refractivity contribution in [2.24, 2.45) is 10.2 Å². The maximum atomic E-state index is 5.33. The molecule has 26 heavy (non-hydrogen) atoms. The van der Waals surface area contributed by atoms with Crippen LogP contribution in [0.3, 0.4) is 0 Å². The highest BCUT2D eigenvalue weighted by Gasteiger charge is 2.04. The lowest BCUT2D eigenvalue weighted by Gasteiger charge is -2.11. The van der Waals surface area contributed by atoms with Crippen LogP contribution in [0.4, 0.5) is 17.1 Å². The summed E-state index contributed by atoms with van der Waals surface area (Å²) in [7, 11) is 3.27. The van der Waals surface area contributed by atoms with Gasteiger partial charge < -0.3 is 14.8 Å². The van der Waals surface area contributed by atoms with Crippen molar-refractivity contribution in [1.82, 2.24) is 0 Å². The van der Waals surface area contributed by atoms with Crippen molar-refractivity contribution in [3.05, 3.63) is 78.4 Å². The van der Waals surface area contributed by atoms with Crippen LogP contribution in [0.1, 0.15) is 5.56 Å². The van der Waals surface area contributed by atoms with E-state index in [9.17, 15) is 0 Å². The van der Waals surface area contributed by atoms with Gasteiger partial charge in [0.25, 0.3) is 0 Å². The summed E-state index contributed by atoms with van der Waals surface area (Å²) in [6.07, 6.45) is 0. The summed E-state index contributed by atoms with van der Waals surface area (Å²) < 4.78 is 10.6. The van der Waals surface area contributed by atoms with Crippen molar-refractivity contribution in [3.8, 4) is 11.5 Å². The van der Waals surface area contributed by atoms with Gasteiger partial charge in [-0.2, -0.15) is 10.2 Å². The molecule has 1 N–H and O–H groups in total. The third-order valence-corrected chi connectivity index (χ3v) is 3.85. The van der Waals surface area contributed by atoms with Gasteiger partial charge in [-0.1, -0.05) is 24.3 Å². The van der Waals surface area contributed by atoms with E-state index >= 15 is 0 Å². The monoisotopic (exact) mass is 347 g/mol. The Hall–Kier alpha value is -3.34. The molecule has 3 aromatic rings. The molecule has 0 aliphatic heterocycles. The number of rotatable bonds is 7. The highest BCUT2D eigenvalue weighted by molar-refractivity contribution is 5.52. The van der Waals surface area contributed by atoms with E-state index in [0.29, 0.717) is 6.54 Å². The Morgan fingerprint density at radius 3 is 2.04 bits per heavy atom. The molecule has 0 aliphatic rings. The van der Waals surface area contributed by atoms with Gasteiger partial charge in [-0.3, -0.25) is 0 Å². The quantitative estimate of drug-likeness (QED) is 0.555. The smallest absolute Gasteiger partial charge is 0.161 e. The second-order valence-corrected chi connectivity index (χ2v) is 5.63. The first-order valence-corrected chi connectivity index (χ1v) is 8.30. The van der Waals surface area contributed by atoms with E-state index in [2.05, 4.69) is 15.5 Å². The third kappa shape index (κ3) is 4.60. The molecule has 0 amide bonds. The lowest BCUT2D eigenvalue weighted by atomic mass is 10.2. The Balaban J connectivity index is 1.60. The lowest BCUT2D eigenvalue weighted by Crippen LogP contribution is -2.00. The molecule has 3 aromatic carbocycles. The fraction of sp³-hybridized carbons (Fsp3) is 0.143. The normalized spacial score (nSPS) is 10.7. The van der Waals surface area contributed by atoms with Crippen LogP contribution in [0, 0.1) is 0 Å². The highest BCUT2D eigenvalue weighted by atomic mass is 16.5. The molecule has 0 atom stereocenters. The van der Waals surface area contributed by atoms with Crippen molar-refractivity contribution < 1.29 is 9.47 Å². The van der Waals surface area contributed by atoms with Gasteiger partial charge in [0, 0.05) is 12.2 Å². The molecule has 0 radical (unpaired) electrons. The van der Waals surface area contributed by atoms with Gasteiger partial charge in [0.05, 0.1) is 25.6 Å². The molecular formula is C21H21N3O2. The molecule has 0 aromatic heterocycles. The largest absolute Gasteiger partial charge is 0.493 e. The average molecular weight is 347 g/mol. The molecule has 5 heteroatoms. The standard InChI is InChI=1S/C21H21N3O2/c1-25-20-13-8-16(14-21(20)26-2)15-22-17-9-11-19(12-10-17)24-23-18-6-4-3-5-7-18/h3-14,22H,15H2,1-2H3. The van der Waals surface area contributed by atoms with E-state index in [-0.39, 0.29) is 0 Å². The maximum absolute atomic E-state index is 5.33. The van der Waals surface area contributed by atoms with Crippen LogP contribution in [0.25, 0.3) is 0 Å². The van der Waals surface area contributed by atoms with Gasteiger partial charge in [0.2, 0.25) is 0 Å². The summed E-state index contributed by atoms with van der Waals surface area (Å²) in [4.78, 5) is 0. The van der Waals surface area contributed by atoms with Crippen molar-refractivity contribution in [1.29, 1.82) is 0 Å².